The Morgan fingerprint density at radius 2 is 1.89 bits per heavy atom. The number of nitro groups is 1. The molecule has 1 amide bonds. The predicted molar refractivity (Wildman–Crippen MR) is 106 cm³/mol. The van der Waals surface area contributed by atoms with Gasteiger partial charge in [-0.3, -0.25) is 14.9 Å². The molecule has 0 bridgehead atoms. The van der Waals surface area contributed by atoms with Crippen molar-refractivity contribution in [3.05, 3.63) is 80.8 Å². The Bertz CT molecular complexity index is 1040. The Morgan fingerprint density at radius 3 is 2.70 bits per heavy atom. The number of amides is 1. The van der Waals surface area contributed by atoms with Gasteiger partial charge >= 0.3 is 0 Å². The zero-order valence-corrected chi connectivity index (χ0v) is 15.5. The van der Waals surface area contributed by atoms with E-state index >= 15 is 0 Å². The van der Waals surface area contributed by atoms with Gasteiger partial charge in [0.05, 0.1) is 21.2 Å². The van der Waals surface area contributed by atoms with Crippen molar-refractivity contribution >= 4 is 44.5 Å². The van der Waals surface area contributed by atoms with E-state index in [1.54, 1.807) is 18.2 Å². The van der Waals surface area contributed by atoms with Crippen LogP contribution in [0.2, 0.25) is 0 Å². The van der Waals surface area contributed by atoms with E-state index in [0.717, 1.165) is 15.2 Å². The SMILES string of the molecule is O=C(COc1ccc2ccccc2c1Br)NN=Cc1ccccc1[N+](=O)[O-]. The molecule has 0 fully saturated rings. The summed E-state index contributed by atoms with van der Waals surface area (Å²) in [6.45, 7) is -0.245. The quantitative estimate of drug-likeness (QED) is 0.364. The van der Waals surface area contributed by atoms with Crippen molar-refractivity contribution < 1.29 is 14.5 Å². The van der Waals surface area contributed by atoms with Gasteiger partial charge in [-0.2, -0.15) is 5.10 Å². The van der Waals surface area contributed by atoms with Crippen LogP contribution >= 0.6 is 15.9 Å². The van der Waals surface area contributed by atoms with Gasteiger partial charge in [0.1, 0.15) is 5.75 Å². The summed E-state index contributed by atoms with van der Waals surface area (Å²) >= 11 is 3.49. The number of hydrogen-bond donors (Lipinski definition) is 1. The van der Waals surface area contributed by atoms with Crippen molar-refractivity contribution in [3.8, 4) is 5.75 Å². The van der Waals surface area contributed by atoms with Gasteiger partial charge in [0.25, 0.3) is 11.6 Å². The number of fused-ring (bicyclic) bond motifs is 1. The predicted octanol–water partition coefficient (Wildman–Crippen LogP) is 4.04. The summed E-state index contributed by atoms with van der Waals surface area (Å²) in [5.41, 5.74) is 2.49. The lowest BCUT2D eigenvalue weighted by atomic mass is 10.1. The molecule has 0 heterocycles. The minimum atomic E-state index is -0.510. The number of nitro benzene ring substituents is 1. The lowest BCUT2D eigenvalue weighted by Gasteiger charge is -2.09. The number of carbonyl (C=O) groups is 1. The first-order valence-corrected chi connectivity index (χ1v) is 8.71. The van der Waals surface area contributed by atoms with Crippen LogP contribution in [0.4, 0.5) is 5.69 Å². The fourth-order valence-electron chi connectivity index (χ4n) is 2.44. The monoisotopic (exact) mass is 427 g/mol. The molecule has 0 aliphatic carbocycles. The zero-order valence-electron chi connectivity index (χ0n) is 14.0. The molecular weight excluding hydrogens is 414 g/mol. The van der Waals surface area contributed by atoms with E-state index in [-0.39, 0.29) is 12.3 Å². The summed E-state index contributed by atoms with van der Waals surface area (Å²) < 4.78 is 6.29. The molecule has 3 rings (SSSR count). The largest absolute Gasteiger partial charge is 0.483 e. The molecule has 27 heavy (non-hydrogen) atoms. The summed E-state index contributed by atoms with van der Waals surface area (Å²) in [7, 11) is 0. The van der Waals surface area contributed by atoms with Crippen molar-refractivity contribution in [1.29, 1.82) is 0 Å². The van der Waals surface area contributed by atoms with Crippen LogP contribution < -0.4 is 10.2 Å². The van der Waals surface area contributed by atoms with E-state index in [1.165, 1.54) is 18.3 Å². The highest BCUT2D eigenvalue weighted by Crippen LogP contribution is 2.32. The third-order valence-corrected chi connectivity index (χ3v) is 4.53. The molecule has 0 radical (unpaired) electrons. The topological polar surface area (TPSA) is 93.8 Å². The number of halogens is 1. The Morgan fingerprint density at radius 1 is 1.15 bits per heavy atom. The average Bonchev–Trinajstić information content (AvgIpc) is 2.68. The number of hydrazone groups is 1. The van der Waals surface area contributed by atoms with Crippen LogP contribution in [0.25, 0.3) is 10.8 Å². The lowest BCUT2D eigenvalue weighted by molar-refractivity contribution is -0.385. The maximum atomic E-state index is 11.9. The number of hydrogen-bond acceptors (Lipinski definition) is 5. The normalized spacial score (nSPS) is 10.9. The van der Waals surface area contributed by atoms with Crippen LogP contribution in [0.5, 0.6) is 5.75 Å². The Balaban J connectivity index is 1.61. The molecule has 136 valence electrons. The van der Waals surface area contributed by atoms with Crippen molar-refractivity contribution in [2.45, 2.75) is 0 Å². The summed E-state index contributed by atoms with van der Waals surface area (Å²) in [6, 6.07) is 17.6. The van der Waals surface area contributed by atoms with Gasteiger partial charge in [-0.05, 0) is 38.8 Å². The number of rotatable bonds is 6. The second kappa shape index (κ2) is 8.41. The van der Waals surface area contributed by atoms with Crippen molar-refractivity contribution in [1.82, 2.24) is 5.43 Å². The van der Waals surface area contributed by atoms with Crippen molar-refractivity contribution in [2.75, 3.05) is 6.61 Å². The molecule has 0 spiro atoms. The van der Waals surface area contributed by atoms with Crippen LogP contribution in [0.15, 0.2) is 70.2 Å². The highest BCUT2D eigenvalue weighted by molar-refractivity contribution is 9.10. The average molecular weight is 428 g/mol. The Hall–Kier alpha value is -3.26. The smallest absolute Gasteiger partial charge is 0.278 e. The van der Waals surface area contributed by atoms with Crippen LogP contribution in [0, 0.1) is 10.1 Å². The number of benzene rings is 3. The molecule has 0 unspecified atom stereocenters. The molecule has 0 saturated heterocycles. The van der Waals surface area contributed by atoms with Crippen LogP contribution in [0.1, 0.15) is 5.56 Å². The third kappa shape index (κ3) is 4.48. The molecule has 7 nitrogen and oxygen atoms in total. The van der Waals surface area contributed by atoms with E-state index < -0.39 is 10.8 Å². The van der Waals surface area contributed by atoms with E-state index in [4.69, 9.17) is 4.74 Å². The Labute approximate surface area is 162 Å². The summed E-state index contributed by atoms with van der Waals surface area (Å²) in [4.78, 5) is 22.3. The molecule has 0 aliphatic rings. The van der Waals surface area contributed by atoms with Crippen molar-refractivity contribution in [2.24, 2.45) is 5.10 Å². The van der Waals surface area contributed by atoms with Crippen LogP contribution in [-0.2, 0) is 4.79 Å². The molecule has 8 heteroatoms. The van der Waals surface area contributed by atoms with Gasteiger partial charge in [-0.15, -0.1) is 0 Å². The second-order valence-corrected chi connectivity index (χ2v) is 6.29. The van der Waals surface area contributed by atoms with E-state index in [9.17, 15) is 14.9 Å². The van der Waals surface area contributed by atoms with E-state index in [1.807, 2.05) is 30.3 Å². The standard InChI is InChI=1S/C19H14BrN3O4/c20-19-15-7-3-1-5-13(15)9-10-17(19)27-12-18(24)22-21-11-14-6-2-4-8-16(14)23(25)26/h1-11H,12H2,(H,22,24). The highest BCUT2D eigenvalue weighted by Gasteiger charge is 2.11. The van der Waals surface area contributed by atoms with E-state index in [2.05, 4.69) is 26.5 Å². The molecule has 0 atom stereocenters. The van der Waals surface area contributed by atoms with E-state index in [0.29, 0.717) is 11.3 Å². The first kappa shape index (κ1) is 18.5. The fraction of sp³-hybridized carbons (Fsp3) is 0.0526. The second-order valence-electron chi connectivity index (χ2n) is 5.50. The van der Waals surface area contributed by atoms with Crippen molar-refractivity contribution in [3.63, 3.8) is 0 Å². The van der Waals surface area contributed by atoms with Gasteiger partial charge in [0, 0.05) is 6.07 Å². The zero-order chi connectivity index (χ0) is 19.2. The molecule has 0 saturated carbocycles. The van der Waals surface area contributed by atoms with Gasteiger partial charge in [-0.1, -0.05) is 42.5 Å². The fourth-order valence-corrected chi connectivity index (χ4v) is 3.05. The van der Waals surface area contributed by atoms with Crippen LogP contribution in [0.3, 0.4) is 0 Å². The maximum Gasteiger partial charge on any atom is 0.278 e. The minimum absolute atomic E-state index is 0.0909. The number of ether oxygens (including phenoxy) is 1. The molecule has 1 N–H and O–H groups in total. The first-order chi connectivity index (χ1) is 13.1. The van der Waals surface area contributed by atoms with Gasteiger partial charge in [0.15, 0.2) is 6.61 Å². The molecule has 0 aliphatic heterocycles. The minimum Gasteiger partial charge on any atom is -0.483 e. The third-order valence-electron chi connectivity index (χ3n) is 3.71. The van der Waals surface area contributed by atoms with Gasteiger partial charge in [0.2, 0.25) is 0 Å². The summed E-state index contributed by atoms with van der Waals surface area (Å²) in [5.74, 6) is 0.0522. The van der Waals surface area contributed by atoms with Gasteiger partial charge < -0.3 is 4.74 Å². The number of para-hydroxylation sites is 1. The number of nitrogens with one attached hydrogen (secondary N) is 1. The molecule has 3 aromatic carbocycles. The number of nitrogens with zero attached hydrogens (tertiary/aromatic N) is 2. The molecular formula is C19H14BrN3O4. The summed E-state index contributed by atoms with van der Waals surface area (Å²) in [5, 5.41) is 16.7. The van der Waals surface area contributed by atoms with Gasteiger partial charge in [-0.25, -0.2) is 5.43 Å². The van der Waals surface area contributed by atoms with Crippen LogP contribution in [-0.4, -0.2) is 23.7 Å². The number of carbonyl (C=O) groups excluding carboxylic acids is 1. The first-order valence-electron chi connectivity index (χ1n) is 7.91. The molecule has 0 aromatic heterocycles. The maximum absolute atomic E-state index is 11.9. The lowest BCUT2D eigenvalue weighted by Crippen LogP contribution is -2.24. The molecule has 3 aromatic rings. The highest BCUT2D eigenvalue weighted by atomic mass is 79.9. The Kier molecular flexibility index (Phi) is 5.77. The summed E-state index contributed by atoms with van der Waals surface area (Å²) in [6.07, 6.45) is 1.22.